The van der Waals surface area contributed by atoms with Gasteiger partial charge in [0.15, 0.2) is 0 Å². The van der Waals surface area contributed by atoms with E-state index in [1.54, 1.807) is 0 Å². The van der Waals surface area contributed by atoms with E-state index in [0.717, 1.165) is 11.4 Å². The molecule has 0 aliphatic heterocycles. The number of benzene rings is 12. The summed E-state index contributed by atoms with van der Waals surface area (Å²) in [5, 5.41) is 17.9. The van der Waals surface area contributed by atoms with E-state index in [0.29, 0.717) is 0 Å². The van der Waals surface area contributed by atoms with Crippen molar-refractivity contribution >= 4 is 97.5 Å². The largest absolute Gasteiger partial charge is 0.309 e. The SMILES string of the molecule is c1ccc(-c2ccc(-n3c4ccccc4c4cc(-c5ccc6c(c5)c5ccccc5n6-c5ccc6c7ccccc7c7c8ccccc8c8ccccc8c7c6c5)ccc43)cc2)cc1. The van der Waals surface area contributed by atoms with Crippen LogP contribution in [0.5, 0.6) is 0 Å². The molecule has 0 saturated carbocycles. The maximum atomic E-state index is 2.47. The molecule has 0 bridgehead atoms. The highest BCUT2D eigenvalue weighted by Crippen LogP contribution is 2.45. The van der Waals surface area contributed by atoms with E-state index < -0.39 is 0 Å². The van der Waals surface area contributed by atoms with Crippen LogP contribution in [-0.4, -0.2) is 9.13 Å². The molecule has 296 valence electrons. The van der Waals surface area contributed by atoms with Crippen LogP contribution in [0.25, 0.3) is 131 Å². The lowest BCUT2D eigenvalue weighted by Gasteiger charge is -2.17. The highest BCUT2D eigenvalue weighted by Gasteiger charge is 2.19. The molecule has 0 unspecified atom stereocenters. The number of hydrogen-bond donors (Lipinski definition) is 0. The molecule has 14 rings (SSSR count). The van der Waals surface area contributed by atoms with Gasteiger partial charge in [-0.05, 0) is 137 Å². The highest BCUT2D eigenvalue weighted by atomic mass is 15.0. The van der Waals surface area contributed by atoms with Gasteiger partial charge in [0, 0.05) is 32.9 Å². The van der Waals surface area contributed by atoms with Crippen LogP contribution in [0.4, 0.5) is 0 Å². The van der Waals surface area contributed by atoms with Crippen LogP contribution >= 0.6 is 0 Å². The van der Waals surface area contributed by atoms with E-state index >= 15 is 0 Å². The number of nitrogens with zero attached hydrogens (tertiary/aromatic N) is 2. The summed E-state index contributed by atoms with van der Waals surface area (Å²) >= 11 is 0. The molecule has 0 fully saturated rings. The van der Waals surface area contributed by atoms with Gasteiger partial charge < -0.3 is 9.13 Å². The number of rotatable bonds is 4. The second-order valence-corrected chi connectivity index (χ2v) is 17.2. The predicted octanol–water partition coefficient (Wildman–Crippen LogP) is 17.0. The lowest BCUT2D eigenvalue weighted by atomic mass is 9.87. The lowest BCUT2D eigenvalue weighted by molar-refractivity contribution is 1.18. The third kappa shape index (κ3) is 5.02. The molecular formula is C62H38N2. The minimum atomic E-state index is 1.16. The van der Waals surface area contributed by atoms with Crippen molar-refractivity contribution in [3.8, 4) is 33.6 Å². The van der Waals surface area contributed by atoms with E-state index in [1.807, 2.05) is 0 Å². The first kappa shape index (κ1) is 35.2. The molecule has 0 aliphatic carbocycles. The average molecular weight is 811 g/mol. The summed E-state index contributed by atoms with van der Waals surface area (Å²) in [5.74, 6) is 0. The van der Waals surface area contributed by atoms with Crippen LogP contribution in [0.3, 0.4) is 0 Å². The number of hydrogen-bond acceptors (Lipinski definition) is 0. The van der Waals surface area contributed by atoms with Gasteiger partial charge in [-0.1, -0.05) is 170 Å². The molecule has 0 N–H and O–H groups in total. The Morgan fingerprint density at radius 2 is 0.547 bits per heavy atom. The minimum Gasteiger partial charge on any atom is -0.309 e. The van der Waals surface area contributed by atoms with Crippen molar-refractivity contribution in [1.29, 1.82) is 0 Å². The first-order chi connectivity index (χ1) is 31.8. The van der Waals surface area contributed by atoms with Crippen LogP contribution in [-0.2, 0) is 0 Å². The van der Waals surface area contributed by atoms with Crippen molar-refractivity contribution in [2.75, 3.05) is 0 Å². The summed E-state index contributed by atoms with van der Waals surface area (Å²) < 4.78 is 4.87. The normalized spacial score (nSPS) is 12.1. The Morgan fingerprint density at radius 1 is 0.188 bits per heavy atom. The second-order valence-electron chi connectivity index (χ2n) is 17.2. The number of fused-ring (bicyclic) bond motifs is 17. The lowest BCUT2D eigenvalue weighted by Crippen LogP contribution is -1.95. The molecule has 14 aromatic rings. The minimum absolute atomic E-state index is 1.16. The maximum Gasteiger partial charge on any atom is 0.0541 e. The first-order valence-electron chi connectivity index (χ1n) is 22.2. The molecule has 12 aromatic carbocycles. The standard InChI is InChI=1S/C62H38N2/c1-2-14-39(15-3-1)40-26-30-43(31-27-40)63-57-24-12-10-19-49(57)54-36-41(28-34-59(54)63)42-29-35-60-55(37-42)50-20-11-13-25-58(50)64(60)44-32-33-48-47-18-6-8-22-52(47)61-51-21-7-4-16-45(51)46-17-5-9-23-53(46)62(61)56(48)38-44/h1-38H. The Balaban J connectivity index is 0.955. The van der Waals surface area contributed by atoms with Gasteiger partial charge in [-0.15, -0.1) is 0 Å². The Labute approximate surface area is 369 Å². The molecule has 2 aromatic heterocycles. The van der Waals surface area contributed by atoms with Gasteiger partial charge in [-0.3, -0.25) is 0 Å². The molecule has 2 heterocycles. The van der Waals surface area contributed by atoms with Gasteiger partial charge in [-0.2, -0.15) is 0 Å². The first-order valence-corrected chi connectivity index (χ1v) is 22.2. The van der Waals surface area contributed by atoms with E-state index in [9.17, 15) is 0 Å². The molecule has 0 atom stereocenters. The van der Waals surface area contributed by atoms with Crippen molar-refractivity contribution < 1.29 is 0 Å². The van der Waals surface area contributed by atoms with E-state index in [2.05, 4.69) is 240 Å². The molecule has 2 heteroatoms. The Morgan fingerprint density at radius 3 is 1.08 bits per heavy atom. The Bertz CT molecular complexity index is 4210. The van der Waals surface area contributed by atoms with E-state index in [1.165, 1.54) is 120 Å². The van der Waals surface area contributed by atoms with Gasteiger partial charge in [0.1, 0.15) is 0 Å². The third-order valence-electron chi connectivity index (χ3n) is 13.9. The molecule has 64 heavy (non-hydrogen) atoms. The number of para-hydroxylation sites is 2. The summed E-state index contributed by atoms with van der Waals surface area (Å²) in [4.78, 5) is 0. The van der Waals surface area contributed by atoms with Crippen molar-refractivity contribution in [3.63, 3.8) is 0 Å². The second kappa shape index (κ2) is 13.5. The molecule has 2 nitrogen and oxygen atoms in total. The zero-order valence-electron chi connectivity index (χ0n) is 34.8. The molecule has 0 aliphatic rings. The smallest absolute Gasteiger partial charge is 0.0541 e. The molecule has 0 saturated heterocycles. The average Bonchev–Trinajstić information content (AvgIpc) is 3.88. The van der Waals surface area contributed by atoms with Crippen molar-refractivity contribution in [2.24, 2.45) is 0 Å². The van der Waals surface area contributed by atoms with Crippen LogP contribution in [0, 0.1) is 0 Å². The summed E-state index contributed by atoms with van der Waals surface area (Å²) in [5.41, 5.74) is 12.0. The third-order valence-corrected chi connectivity index (χ3v) is 13.9. The van der Waals surface area contributed by atoms with Crippen molar-refractivity contribution in [1.82, 2.24) is 9.13 Å². The monoisotopic (exact) mass is 810 g/mol. The van der Waals surface area contributed by atoms with Crippen LogP contribution in [0.1, 0.15) is 0 Å². The highest BCUT2D eigenvalue weighted by molar-refractivity contribution is 6.39. The van der Waals surface area contributed by atoms with Crippen LogP contribution in [0.2, 0.25) is 0 Å². The van der Waals surface area contributed by atoms with Gasteiger partial charge in [0.05, 0.1) is 22.1 Å². The van der Waals surface area contributed by atoms with Gasteiger partial charge in [0.2, 0.25) is 0 Å². The topological polar surface area (TPSA) is 9.86 Å². The van der Waals surface area contributed by atoms with Crippen LogP contribution < -0.4 is 0 Å². The summed E-state index contributed by atoms with van der Waals surface area (Å²) in [6, 6.07) is 85.2. The molecule has 0 spiro atoms. The molecule has 0 radical (unpaired) electrons. The zero-order chi connectivity index (χ0) is 41.9. The van der Waals surface area contributed by atoms with Gasteiger partial charge in [0.25, 0.3) is 0 Å². The summed E-state index contributed by atoms with van der Waals surface area (Å²) in [6.07, 6.45) is 0. The van der Waals surface area contributed by atoms with Gasteiger partial charge >= 0.3 is 0 Å². The van der Waals surface area contributed by atoms with E-state index in [4.69, 9.17) is 0 Å². The Kier molecular flexibility index (Phi) is 7.43. The zero-order valence-corrected chi connectivity index (χ0v) is 34.8. The fraction of sp³-hybridized carbons (Fsp3) is 0. The van der Waals surface area contributed by atoms with Crippen LogP contribution in [0.15, 0.2) is 231 Å². The molecular weight excluding hydrogens is 773 g/mol. The fourth-order valence-corrected chi connectivity index (χ4v) is 11.0. The quantitative estimate of drug-likeness (QED) is 0.157. The Hall–Kier alpha value is -8.46. The van der Waals surface area contributed by atoms with Crippen molar-refractivity contribution in [3.05, 3.63) is 231 Å². The summed E-state index contributed by atoms with van der Waals surface area (Å²) in [7, 11) is 0. The van der Waals surface area contributed by atoms with Gasteiger partial charge in [-0.25, -0.2) is 0 Å². The number of aromatic nitrogens is 2. The van der Waals surface area contributed by atoms with E-state index in [-0.39, 0.29) is 0 Å². The van der Waals surface area contributed by atoms with Crippen molar-refractivity contribution in [2.45, 2.75) is 0 Å². The molecule has 0 amide bonds. The predicted molar refractivity (Wildman–Crippen MR) is 274 cm³/mol. The fourth-order valence-electron chi connectivity index (χ4n) is 11.0. The maximum absolute atomic E-state index is 2.47. The summed E-state index contributed by atoms with van der Waals surface area (Å²) in [6.45, 7) is 0.